The van der Waals surface area contributed by atoms with Crippen LogP contribution in [0.25, 0.3) is 22.0 Å². The molecule has 204 valence electrons. The van der Waals surface area contributed by atoms with E-state index in [1.807, 2.05) is 30.3 Å². The topological polar surface area (TPSA) is 102 Å². The molecule has 0 radical (unpaired) electrons. The largest absolute Gasteiger partial charge is 0.454 e. The quantitative estimate of drug-likeness (QED) is 0.0852. The van der Waals surface area contributed by atoms with E-state index in [1.165, 1.54) is 6.21 Å². The number of esters is 1. The first-order valence-corrected chi connectivity index (χ1v) is 13.7. The number of hydrogen-bond acceptors (Lipinski definition) is 6. The van der Waals surface area contributed by atoms with Crippen LogP contribution in [0.4, 0.5) is 0 Å². The lowest BCUT2D eigenvalue weighted by molar-refractivity contribution is 0.0733. The molecule has 0 unspecified atom stereocenters. The number of hydrogen-bond donors (Lipinski definition) is 2. The number of amides is 1. The van der Waals surface area contributed by atoms with Crippen LogP contribution < -0.4 is 19.6 Å². The number of carbonyl (C=O) groups excluding carboxylic acids is 2. The predicted octanol–water partition coefficient (Wildman–Crippen LogP) is 7.62. The second-order valence-corrected chi connectivity index (χ2v) is 10.6. The number of hydrazone groups is 1. The number of fused-ring (bicyclic) bond motifs is 2. The molecule has 2 heterocycles. The van der Waals surface area contributed by atoms with Crippen LogP contribution in [0.3, 0.4) is 0 Å². The fourth-order valence-electron chi connectivity index (χ4n) is 4.42. The Labute approximate surface area is 252 Å². The molecule has 2 N–H and O–H groups in total. The predicted molar refractivity (Wildman–Crippen MR) is 160 cm³/mol. The number of ether oxygens (including phenoxy) is 3. The summed E-state index contributed by atoms with van der Waals surface area (Å²) in [5, 5.41) is 5.65. The third-order valence-electron chi connectivity index (χ3n) is 6.26. The van der Waals surface area contributed by atoms with Crippen LogP contribution in [0.5, 0.6) is 17.2 Å². The van der Waals surface area contributed by atoms with Gasteiger partial charge < -0.3 is 19.2 Å². The van der Waals surface area contributed by atoms with Gasteiger partial charge in [-0.25, -0.2) is 10.2 Å². The highest BCUT2D eigenvalue weighted by atomic mass is 79.9. The molecule has 11 heteroatoms. The summed E-state index contributed by atoms with van der Waals surface area (Å²) >= 11 is 16.2. The molecule has 1 amide bonds. The number of rotatable bonds is 6. The van der Waals surface area contributed by atoms with Crippen molar-refractivity contribution in [3.63, 3.8) is 0 Å². The third-order valence-corrected chi connectivity index (χ3v) is 7.27. The number of benzene rings is 4. The molecule has 4 aromatic carbocycles. The first kappa shape index (κ1) is 26.9. The summed E-state index contributed by atoms with van der Waals surface area (Å²) in [6, 6.07) is 22.6. The highest BCUT2D eigenvalue weighted by molar-refractivity contribution is 9.10. The lowest BCUT2D eigenvalue weighted by Crippen LogP contribution is -2.19. The summed E-state index contributed by atoms with van der Waals surface area (Å²) in [5.41, 5.74) is 5.57. The summed E-state index contributed by atoms with van der Waals surface area (Å²) in [5.74, 6) is 0.174. The molecule has 0 bridgehead atoms. The van der Waals surface area contributed by atoms with Crippen LogP contribution in [0, 0.1) is 0 Å². The van der Waals surface area contributed by atoms with Gasteiger partial charge in [0.25, 0.3) is 5.91 Å². The van der Waals surface area contributed by atoms with E-state index in [4.69, 9.17) is 37.4 Å². The van der Waals surface area contributed by atoms with E-state index in [0.29, 0.717) is 49.1 Å². The van der Waals surface area contributed by atoms with Crippen molar-refractivity contribution in [3.05, 3.63) is 110 Å². The maximum Gasteiger partial charge on any atom is 0.343 e. The molecule has 0 spiro atoms. The van der Waals surface area contributed by atoms with Gasteiger partial charge in [0.1, 0.15) is 11.4 Å². The van der Waals surface area contributed by atoms with Crippen LogP contribution >= 0.6 is 39.1 Å². The van der Waals surface area contributed by atoms with Crippen molar-refractivity contribution in [3.8, 4) is 28.4 Å². The molecule has 0 saturated carbocycles. The molecule has 5 aromatic rings. The maximum atomic E-state index is 13.4. The number of nitrogens with one attached hydrogen (secondary N) is 2. The van der Waals surface area contributed by atoms with E-state index in [9.17, 15) is 9.59 Å². The van der Waals surface area contributed by atoms with Gasteiger partial charge in [-0.3, -0.25) is 4.79 Å². The standard InChI is InChI=1S/C30H18BrCl2N3O5/c31-19-7-9-23(41-30(38)17-6-8-24-25(11-17)40-15-39-24)18(10-19)14-34-36-29(37)28-26(16-4-2-1-3-5-16)27-21(33)12-20(32)13-22(27)35-28/h1-14,35H,15H2,(H,36,37). The first-order chi connectivity index (χ1) is 19.9. The van der Waals surface area contributed by atoms with Gasteiger partial charge in [0.2, 0.25) is 6.79 Å². The smallest absolute Gasteiger partial charge is 0.343 e. The average Bonchev–Trinajstić information content (AvgIpc) is 3.59. The minimum absolute atomic E-state index is 0.0962. The molecule has 0 saturated heterocycles. The molecule has 41 heavy (non-hydrogen) atoms. The zero-order chi connectivity index (χ0) is 28.5. The van der Waals surface area contributed by atoms with Crippen molar-refractivity contribution >= 4 is 68.1 Å². The number of H-pyrrole nitrogens is 1. The highest BCUT2D eigenvalue weighted by Gasteiger charge is 2.22. The van der Waals surface area contributed by atoms with Crippen LogP contribution in [0.15, 0.2) is 88.4 Å². The number of halogens is 3. The Hall–Kier alpha value is -4.31. The average molecular weight is 651 g/mol. The van der Waals surface area contributed by atoms with E-state index >= 15 is 0 Å². The van der Waals surface area contributed by atoms with E-state index in [-0.39, 0.29) is 18.2 Å². The van der Waals surface area contributed by atoms with Gasteiger partial charge in [0.15, 0.2) is 11.5 Å². The van der Waals surface area contributed by atoms with E-state index < -0.39 is 11.9 Å². The molecule has 0 atom stereocenters. The van der Waals surface area contributed by atoms with Crippen molar-refractivity contribution in [2.45, 2.75) is 0 Å². The third kappa shape index (κ3) is 5.52. The summed E-state index contributed by atoms with van der Waals surface area (Å²) in [4.78, 5) is 29.3. The second-order valence-electron chi connectivity index (χ2n) is 8.89. The van der Waals surface area contributed by atoms with Crippen LogP contribution in [-0.4, -0.2) is 29.9 Å². The molecule has 1 aliphatic rings. The van der Waals surface area contributed by atoms with Gasteiger partial charge in [0, 0.05) is 31.5 Å². The van der Waals surface area contributed by atoms with Gasteiger partial charge >= 0.3 is 5.97 Å². The second kappa shape index (κ2) is 11.3. The molecule has 0 fully saturated rings. The Balaban J connectivity index is 1.26. The Morgan fingerprint density at radius 2 is 1.78 bits per heavy atom. The number of aromatic nitrogens is 1. The van der Waals surface area contributed by atoms with Crippen molar-refractivity contribution in [2.24, 2.45) is 5.10 Å². The Morgan fingerprint density at radius 1 is 0.976 bits per heavy atom. The Morgan fingerprint density at radius 3 is 2.61 bits per heavy atom. The Bertz CT molecular complexity index is 1860. The SMILES string of the molecule is O=C(Oc1ccc(Br)cc1C=NNC(=O)c1[nH]c2cc(Cl)cc(Cl)c2c1-c1ccccc1)c1ccc2c(c1)OCO2. The van der Waals surface area contributed by atoms with E-state index in [1.54, 1.807) is 48.5 Å². The molecule has 6 rings (SSSR count). The van der Waals surface area contributed by atoms with Crippen molar-refractivity contribution in [2.75, 3.05) is 6.79 Å². The monoisotopic (exact) mass is 649 g/mol. The van der Waals surface area contributed by atoms with Gasteiger partial charge in [0.05, 0.1) is 16.8 Å². The Kier molecular flexibility index (Phi) is 7.40. The van der Waals surface area contributed by atoms with Crippen molar-refractivity contribution < 1.29 is 23.8 Å². The maximum absolute atomic E-state index is 13.4. The van der Waals surface area contributed by atoms with Gasteiger partial charge in [-0.2, -0.15) is 5.10 Å². The fraction of sp³-hybridized carbons (Fsp3) is 0.0333. The lowest BCUT2D eigenvalue weighted by atomic mass is 10.0. The lowest BCUT2D eigenvalue weighted by Gasteiger charge is -2.09. The zero-order valence-corrected chi connectivity index (χ0v) is 24.0. The van der Waals surface area contributed by atoms with Crippen LogP contribution in [-0.2, 0) is 0 Å². The van der Waals surface area contributed by atoms with Gasteiger partial charge in [-0.05, 0) is 54.1 Å². The summed E-state index contributed by atoms with van der Waals surface area (Å²) in [6.45, 7) is 0.0962. The molecule has 0 aliphatic carbocycles. The normalized spacial score (nSPS) is 12.2. The summed E-state index contributed by atoms with van der Waals surface area (Å²) in [6.07, 6.45) is 1.39. The zero-order valence-electron chi connectivity index (χ0n) is 20.9. The van der Waals surface area contributed by atoms with Crippen molar-refractivity contribution in [1.29, 1.82) is 0 Å². The minimum atomic E-state index is -0.592. The molecule has 1 aromatic heterocycles. The number of carbonyl (C=O) groups is 2. The number of nitrogens with zero attached hydrogens (tertiary/aromatic N) is 1. The van der Waals surface area contributed by atoms with E-state index in [2.05, 4.69) is 31.4 Å². The molecule has 1 aliphatic heterocycles. The summed E-state index contributed by atoms with van der Waals surface area (Å²) < 4.78 is 17.0. The molecule has 8 nitrogen and oxygen atoms in total. The van der Waals surface area contributed by atoms with E-state index in [0.717, 1.165) is 10.0 Å². The van der Waals surface area contributed by atoms with Gasteiger partial charge in [-0.1, -0.05) is 69.5 Å². The number of aromatic amines is 1. The first-order valence-electron chi connectivity index (χ1n) is 12.2. The molecular weight excluding hydrogens is 633 g/mol. The molecular formula is C30H18BrCl2N3O5. The van der Waals surface area contributed by atoms with Gasteiger partial charge in [-0.15, -0.1) is 0 Å². The highest BCUT2D eigenvalue weighted by Crippen LogP contribution is 2.38. The van der Waals surface area contributed by atoms with Crippen molar-refractivity contribution in [1.82, 2.24) is 10.4 Å². The van der Waals surface area contributed by atoms with Crippen LogP contribution in [0.1, 0.15) is 26.4 Å². The summed E-state index contributed by atoms with van der Waals surface area (Å²) in [7, 11) is 0. The van der Waals surface area contributed by atoms with Crippen LogP contribution in [0.2, 0.25) is 10.0 Å². The fourth-order valence-corrected chi connectivity index (χ4v) is 5.39. The minimum Gasteiger partial charge on any atom is -0.454 e.